The van der Waals surface area contributed by atoms with Crippen molar-refractivity contribution in [1.82, 2.24) is 10.6 Å². The van der Waals surface area contributed by atoms with Crippen LogP contribution in [0.3, 0.4) is 0 Å². The highest BCUT2D eigenvalue weighted by Crippen LogP contribution is 2.39. The average molecular weight is 329 g/mol. The summed E-state index contributed by atoms with van der Waals surface area (Å²) < 4.78 is 15.7. The van der Waals surface area contributed by atoms with Crippen molar-refractivity contribution in [1.29, 1.82) is 0 Å². The van der Waals surface area contributed by atoms with Crippen LogP contribution in [0, 0.1) is 0 Å². The fraction of sp³-hybridized carbons (Fsp3) is 0.533. The summed E-state index contributed by atoms with van der Waals surface area (Å²) in [4.78, 5) is 11.5. The lowest BCUT2D eigenvalue weighted by atomic mass is 10.2. The second-order valence-corrected chi connectivity index (χ2v) is 6.32. The number of carbonyl (C=O) groups excluding carboxylic acids is 1. The van der Waals surface area contributed by atoms with E-state index in [1.54, 1.807) is 0 Å². The van der Waals surface area contributed by atoms with E-state index >= 15 is 0 Å². The zero-order valence-electron chi connectivity index (χ0n) is 13.0. The predicted molar refractivity (Wildman–Crippen MR) is 83.5 cm³/mol. The van der Waals surface area contributed by atoms with Crippen LogP contribution >= 0.6 is 11.6 Å². The van der Waals surface area contributed by atoms with Crippen molar-refractivity contribution in [2.45, 2.75) is 32.9 Å². The first-order valence-electron chi connectivity index (χ1n) is 7.11. The molecule has 0 radical (unpaired) electrons. The van der Waals surface area contributed by atoms with Crippen molar-refractivity contribution in [3.63, 3.8) is 0 Å². The number of ether oxygens (including phenoxy) is 3. The van der Waals surface area contributed by atoms with Crippen LogP contribution in [0.15, 0.2) is 12.1 Å². The van der Waals surface area contributed by atoms with Gasteiger partial charge in [-0.3, -0.25) is 0 Å². The molecule has 2 N–H and O–H groups in total. The summed E-state index contributed by atoms with van der Waals surface area (Å²) >= 11 is 6.11. The Morgan fingerprint density at radius 2 is 2.09 bits per heavy atom. The topological polar surface area (TPSA) is 68.8 Å². The fourth-order valence-electron chi connectivity index (χ4n) is 1.92. The Kier molecular flexibility index (Phi) is 5.37. The molecule has 122 valence electrons. The van der Waals surface area contributed by atoms with E-state index < -0.39 is 11.7 Å². The molecule has 1 aromatic rings. The monoisotopic (exact) mass is 328 g/mol. The molecule has 0 fully saturated rings. The predicted octanol–water partition coefficient (Wildman–Crippen LogP) is 2.68. The van der Waals surface area contributed by atoms with Gasteiger partial charge in [0.2, 0.25) is 6.79 Å². The molecule has 22 heavy (non-hydrogen) atoms. The molecule has 7 heteroatoms. The molecule has 1 aromatic carbocycles. The molecule has 1 aliphatic heterocycles. The van der Waals surface area contributed by atoms with Gasteiger partial charge in [-0.2, -0.15) is 0 Å². The van der Waals surface area contributed by atoms with Crippen LogP contribution in [0.5, 0.6) is 11.5 Å². The number of benzene rings is 1. The molecule has 1 heterocycles. The maximum absolute atomic E-state index is 11.5. The molecule has 0 aromatic heterocycles. The van der Waals surface area contributed by atoms with Crippen molar-refractivity contribution in [3.8, 4) is 11.5 Å². The quantitative estimate of drug-likeness (QED) is 0.813. The molecule has 1 amide bonds. The summed E-state index contributed by atoms with van der Waals surface area (Å²) in [6.45, 7) is 7.40. The highest BCUT2D eigenvalue weighted by Gasteiger charge is 2.18. The molecular formula is C15H21ClN2O4. The molecule has 2 rings (SSSR count). The van der Waals surface area contributed by atoms with Gasteiger partial charge in [0.05, 0.1) is 5.02 Å². The first kappa shape index (κ1) is 16.7. The van der Waals surface area contributed by atoms with Gasteiger partial charge in [-0.15, -0.1) is 0 Å². The van der Waals surface area contributed by atoms with Crippen molar-refractivity contribution in [2.75, 3.05) is 19.9 Å². The van der Waals surface area contributed by atoms with Gasteiger partial charge in [0.25, 0.3) is 0 Å². The molecule has 1 aliphatic rings. The van der Waals surface area contributed by atoms with Gasteiger partial charge in [0.15, 0.2) is 11.5 Å². The number of alkyl carbamates (subject to hydrolysis) is 1. The number of rotatable bonds is 5. The summed E-state index contributed by atoms with van der Waals surface area (Å²) in [5.74, 6) is 1.26. The number of nitrogens with one attached hydrogen (secondary N) is 2. The summed E-state index contributed by atoms with van der Waals surface area (Å²) in [6.07, 6.45) is -0.416. The normalized spacial score (nSPS) is 13.1. The van der Waals surface area contributed by atoms with Crippen LogP contribution in [0.2, 0.25) is 5.02 Å². The maximum Gasteiger partial charge on any atom is 0.407 e. The molecule has 0 unspecified atom stereocenters. The molecule has 0 saturated heterocycles. The van der Waals surface area contributed by atoms with Crippen LogP contribution in [-0.4, -0.2) is 31.6 Å². The number of halogens is 1. The van der Waals surface area contributed by atoms with Crippen molar-refractivity contribution in [3.05, 3.63) is 22.7 Å². The van der Waals surface area contributed by atoms with Gasteiger partial charge >= 0.3 is 6.09 Å². The Morgan fingerprint density at radius 3 is 2.82 bits per heavy atom. The van der Waals surface area contributed by atoms with E-state index in [-0.39, 0.29) is 6.79 Å². The molecule has 0 aliphatic carbocycles. The van der Waals surface area contributed by atoms with Crippen LogP contribution in [-0.2, 0) is 11.3 Å². The van der Waals surface area contributed by atoms with E-state index in [4.69, 9.17) is 25.8 Å². The highest BCUT2D eigenvalue weighted by atomic mass is 35.5. The lowest BCUT2D eigenvalue weighted by molar-refractivity contribution is 0.0528. The van der Waals surface area contributed by atoms with Gasteiger partial charge in [0, 0.05) is 19.6 Å². The Hall–Kier alpha value is -1.66. The largest absolute Gasteiger partial charge is 0.454 e. The van der Waals surface area contributed by atoms with Gasteiger partial charge < -0.3 is 24.8 Å². The van der Waals surface area contributed by atoms with E-state index in [2.05, 4.69) is 10.6 Å². The zero-order chi connectivity index (χ0) is 16.2. The molecule has 0 bridgehead atoms. The Labute approximate surface area is 135 Å². The minimum atomic E-state index is -0.485. The van der Waals surface area contributed by atoms with Crippen LogP contribution < -0.4 is 20.1 Å². The molecular weight excluding hydrogens is 308 g/mol. The number of carbonyl (C=O) groups is 1. The molecule has 6 nitrogen and oxygen atoms in total. The van der Waals surface area contributed by atoms with E-state index in [1.165, 1.54) is 0 Å². The Bertz CT molecular complexity index is 543. The standard InChI is InChI=1S/C15H21ClN2O4/c1-15(2,3)22-14(19)18-5-4-17-8-10-6-11(16)13-12(7-10)20-9-21-13/h6-7,17H,4-5,8-9H2,1-3H3,(H,18,19). The van der Waals surface area contributed by atoms with Gasteiger partial charge in [-0.05, 0) is 38.5 Å². The van der Waals surface area contributed by atoms with Crippen molar-refractivity contribution >= 4 is 17.7 Å². The summed E-state index contributed by atoms with van der Waals surface area (Å²) in [5.41, 5.74) is 0.507. The van der Waals surface area contributed by atoms with Crippen LogP contribution in [0.1, 0.15) is 26.3 Å². The minimum absolute atomic E-state index is 0.200. The van der Waals surface area contributed by atoms with Gasteiger partial charge in [-0.1, -0.05) is 11.6 Å². The number of amides is 1. The second kappa shape index (κ2) is 7.07. The minimum Gasteiger partial charge on any atom is -0.454 e. The van der Waals surface area contributed by atoms with Crippen LogP contribution in [0.4, 0.5) is 4.79 Å². The zero-order valence-corrected chi connectivity index (χ0v) is 13.8. The SMILES string of the molecule is CC(C)(C)OC(=O)NCCNCc1cc(Cl)c2c(c1)OCO2. The number of fused-ring (bicyclic) bond motifs is 1. The van der Waals surface area contributed by atoms with Gasteiger partial charge in [-0.25, -0.2) is 4.79 Å². The first-order chi connectivity index (χ1) is 10.3. The van der Waals surface area contributed by atoms with E-state index in [0.717, 1.165) is 5.56 Å². The first-order valence-corrected chi connectivity index (χ1v) is 7.48. The average Bonchev–Trinajstić information content (AvgIpc) is 2.85. The van der Waals surface area contributed by atoms with Crippen molar-refractivity contribution < 1.29 is 19.0 Å². The fourth-order valence-corrected chi connectivity index (χ4v) is 2.21. The van der Waals surface area contributed by atoms with Crippen molar-refractivity contribution in [2.24, 2.45) is 0 Å². The Morgan fingerprint density at radius 1 is 1.32 bits per heavy atom. The highest BCUT2D eigenvalue weighted by molar-refractivity contribution is 6.32. The lowest BCUT2D eigenvalue weighted by Crippen LogP contribution is -2.36. The third kappa shape index (κ3) is 4.96. The number of hydrogen-bond acceptors (Lipinski definition) is 5. The summed E-state index contributed by atoms with van der Waals surface area (Å²) in [6, 6.07) is 3.73. The third-order valence-corrected chi connectivity index (χ3v) is 3.07. The molecule has 0 saturated carbocycles. The second-order valence-electron chi connectivity index (χ2n) is 5.92. The number of hydrogen-bond donors (Lipinski definition) is 2. The molecule has 0 atom stereocenters. The van der Waals surface area contributed by atoms with E-state index in [0.29, 0.717) is 36.2 Å². The van der Waals surface area contributed by atoms with E-state index in [9.17, 15) is 4.79 Å². The maximum atomic E-state index is 11.5. The van der Waals surface area contributed by atoms with Crippen LogP contribution in [0.25, 0.3) is 0 Å². The van der Waals surface area contributed by atoms with E-state index in [1.807, 2.05) is 32.9 Å². The summed E-state index contributed by atoms with van der Waals surface area (Å²) in [7, 11) is 0. The smallest absolute Gasteiger partial charge is 0.407 e. The summed E-state index contributed by atoms with van der Waals surface area (Å²) in [5, 5.41) is 6.44. The lowest BCUT2D eigenvalue weighted by Gasteiger charge is -2.19. The van der Waals surface area contributed by atoms with Gasteiger partial charge in [0.1, 0.15) is 5.60 Å². The third-order valence-electron chi connectivity index (χ3n) is 2.79. The Balaban J connectivity index is 1.69. The molecule has 0 spiro atoms.